The molecule has 0 aliphatic carbocycles. The summed E-state index contributed by atoms with van der Waals surface area (Å²) in [5.74, 6) is -1.31. The molecule has 2 heterocycles. The van der Waals surface area contributed by atoms with Crippen LogP contribution in [0.2, 0.25) is 0 Å². The largest absolute Gasteiger partial charge is 0.546 e. The Labute approximate surface area is 137 Å². The van der Waals surface area contributed by atoms with E-state index in [0.29, 0.717) is 11.0 Å². The minimum atomic E-state index is -1.43. The zero-order chi connectivity index (χ0) is 17.4. The lowest BCUT2D eigenvalue weighted by Gasteiger charge is -2.17. The molecule has 2 aromatic heterocycles. The lowest BCUT2D eigenvalue weighted by Crippen LogP contribution is -2.38. The van der Waals surface area contributed by atoms with E-state index in [1.165, 1.54) is 13.2 Å². The number of ether oxygens (including phenoxy) is 1. The average molecular weight is 327 g/mol. The maximum Gasteiger partial charge on any atom is 0.235 e. The molecule has 0 unspecified atom stereocenters. The molecule has 0 aliphatic heterocycles. The number of aryl methyl sites for hydroxylation is 2. The summed E-state index contributed by atoms with van der Waals surface area (Å²) in [5, 5.41) is 11.3. The molecule has 124 valence electrons. The van der Waals surface area contributed by atoms with Gasteiger partial charge in [0.25, 0.3) is 0 Å². The van der Waals surface area contributed by atoms with Gasteiger partial charge in [0.2, 0.25) is 16.9 Å². The van der Waals surface area contributed by atoms with E-state index in [2.05, 4.69) is 0 Å². The molecular formula is C18H15O6-. The van der Waals surface area contributed by atoms with Gasteiger partial charge in [-0.25, -0.2) is 0 Å². The van der Waals surface area contributed by atoms with Crippen LogP contribution in [0.3, 0.4) is 0 Å². The number of carboxylic acids is 1. The van der Waals surface area contributed by atoms with Crippen LogP contribution in [0.4, 0.5) is 0 Å². The Bertz CT molecular complexity index is 965. The molecule has 0 fully saturated rings. The third kappa shape index (κ3) is 2.67. The standard InChI is InChI=1S/C18H16O6/c1-9-7-10(2)15-12(8-9)14(19)17(23-11(3)18(20)21)16(24-15)13-5-4-6-22-13/h4-8,11H,1-3H3,(H,20,21)/p-1/t11-/m1/s1. The van der Waals surface area contributed by atoms with Crippen LogP contribution in [0.25, 0.3) is 22.5 Å². The van der Waals surface area contributed by atoms with Crippen LogP contribution in [0, 0.1) is 13.8 Å². The van der Waals surface area contributed by atoms with Crippen LogP contribution >= 0.6 is 0 Å². The smallest absolute Gasteiger partial charge is 0.235 e. The molecule has 6 heteroatoms. The van der Waals surface area contributed by atoms with Crippen molar-refractivity contribution in [3.8, 4) is 17.3 Å². The van der Waals surface area contributed by atoms with Gasteiger partial charge < -0.3 is 23.5 Å². The molecule has 0 amide bonds. The second kappa shape index (κ2) is 5.88. The highest BCUT2D eigenvalue weighted by molar-refractivity contribution is 5.84. The number of carbonyl (C=O) groups excluding carboxylic acids is 1. The first-order valence-corrected chi connectivity index (χ1v) is 7.38. The summed E-state index contributed by atoms with van der Waals surface area (Å²) in [6.07, 6.45) is 0.109. The van der Waals surface area contributed by atoms with Gasteiger partial charge in [0.15, 0.2) is 5.76 Å². The number of furan rings is 1. The fraction of sp³-hybridized carbons (Fsp3) is 0.222. The normalized spacial score (nSPS) is 12.3. The molecule has 3 rings (SSSR count). The zero-order valence-electron chi connectivity index (χ0n) is 13.4. The van der Waals surface area contributed by atoms with Crippen LogP contribution in [0.1, 0.15) is 18.1 Å². The minimum absolute atomic E-state index is 0.0533. The topological polar surface area (TPSA) is 92.7 Å². The Morgan fingerprint density at radius 1 is 1.29 bits per heavy atom. The van der Waals surface area contributed by atoms with Gasteiger partial charge in [0.1, 0.15) is 11.7 Å². The van der Waals surface area contributed by atoms with Gasteiger partial charge in [-0.1, -0.05) is 6.07 Å². The van der Waals surface area contributed by atoms with Gasteiger partial charge in [-0.3, -0.25) is 4.79 Å². The maximum absolute atomic E-state index is 12.9. The number of hydrogen-bond acceptors (Lipinski definition) is 6. The van der Waals surface area contributed by atoms with E-state index in [0.717, 1.165) is 11.1 Å². The summed E-state index contributed by atoms with van der Waals surface area (Å²) < 4.78 is 16.5. The summed E-state index contributed by atoms with van der Waals surface area (Å²) in [4.78, 5) is 23.9. The Morgan fingerprint density at radius 3 is 2.67 bits per heavy atom. The minimum Gasteiger partial charge on any atom is -0.546 e. The van der Waals surface area contributed by atoms with Crippen LogP contribution in [-0.4, -0.2) is 12.1 Å². The van der Waals surface area contributed by atoms with Crippen molar-refractivity contribution in [3.05, 3.63) is 51.9 Å². The highest BCUT2D eigenvalue weighted by Crippen LogP contribution is 2.33. The number of aliphatic carboxylic acids is 1. The molecule has 0 bridgehead atoms. The SMILES string of the molecule is Cc1cc(C)c2oc(-c3ccco3)c(O[C@H](C)C(=O)[O-])c(=O)c2c1. The first-order chi connectivity index (χ1) is 11.4. The van der Waals surface area contributed by atoms with E-state index < -0.39 is 17.5 Å². The fourth-order valence-corrected chi connectivity index (χ4v) is 2.53. The highest BCUT2D eigenvalue weighted by atomic mass is 16.5. The van der Waals surface area contributed by atoms with Gasteiger partial charge in [-0.05, 0) is 50.1 Å². The van der Waals surface area contributed by atoms with Crippen LogP contribution in [0.5, 0.6) is 5.75 Å². The summed E-state index contributed by atoms with van der Waals surface area (Å²) in [6, 6.07) is 6.80. The van der Waals surface area contributed by atoms with Crippen molar-refractivity contribution in [1.29, 1.82) is 0 Å². The van der Waals surface area contributed by atoms with E-state index >= 15 is 0 Å². The third-order valence-electron chi connectivity index (χ3n) is 3.65. The molecule has 0 N–H and O–H groups in total. The number of benzene rings is 1. The second-order valence-corrected chi connectivity index (χ2v) is 5.60. The molecule has 1 aromatic carbocycles. The summed E-state index contributed by atoms with van der Waals surface area (Å²) in [5.41, 5.74) is 1.62. The molecule has 0 radical (unpaired) electrons. The fourth-order valence-electron chi connectivity index (χ4n) is 2.53. The number of hydrogen-bond donors (Lipinski definition) is 0. The molecule has 1 atom stereocenters. The molecule has 6 nitrogen and oxygen atoms in total. The molecule has 24 heavy (non-hydrogen) atoms. The van der Waals surface area contributed by atoms with Crippen molar-refractivity contribution in [1.82, 2.24) is 0 Å². The van der Waals surface area contributed by atoms with Crippen molar-refractivity contribution in [3.63, 3.8) is 0 Å². The van der Waals surface area contributed by atoms with Crippen molar-refractivity contribution < 1.29 is 23.5 Å². The van der Waals surface area contributed by atoms with Gasteiger partial charge in [-0.15, -0.1) is 0 Å². The van der Waals surface area contributed by atoms with E-state index in [1.54, 1.807) is 18.2 Å². The number of fused-ring (bicyclic) bond motifs is 1. The Balaban J connectivity index is 2.34. The second-order valence-electron chi connectivity index (χ2n) is 5.60. The number of rotatable bonds is 4. The van der Waals surface area contributed by atoms with Gasteiger partial charge in [-0.2, -0.15) is 0 Å². The highest BCUT2D eigenvalue weighted by Gasteiger charge is 2.22. The average Bonchev–Trinajstić information content (AvgIpc) is 3.04. The summed E-state index contributed by atoms with van der Waals surface area (Å²) in [7, 11) is 0. The van der Waals surface area contributed by atoms with Crippen molar-refractivity contribution in [2.75, 3.05) is 0 Å². The molecular weight excluding hydrogens is 312 g/mol. The van der Waals surface area contributed by atoms with Gasteiger partial charge >= 0.3 is 0 Å². The van der Waals surface area contributed by atoms with E-state index in [-0.39, 0.29) is 17.3 Å². The van der Waals surface area contributed by atoms with Gasteiger partial charge in [0.05, 0.1) is 17.6 Å². The monoisotopic (exact) mass is 327 g/mol. The van der Waals surface area contributed by atoms with Crippen LogP contribution < -0.4 is 15.3 Å². The van der Waals surface area contributed by atoms with Gasteiger partial charge in [0, 0.05) is 0 Å². The Kier molecular flexibility index (Phi) is 3.89. The molecule has 0 saturated carbocycles. The van der Waals surface area contributed by atoms with E-state index in [9.17, 15) is 14.7 Å². The lowest BCUT2D eigenvalue weighted by molar-refractivity contribution is -0.312. The predicted molar refractivity (Wildman–Crippen MR) is 84.8 cm³/mol. The van der Waals surface area contributed by atoms with E-state index in [1.807, 2.05) is 19.9 Å². The molecule has 0 saturated heterocycles. The van der Waals surface area contributed by atoms with Crippen LogP contribution in [0.15, 0.2) is 44.2 Å². The first kappa shape index (κ1) is 15.9. The Morgan fingerprint density at radius 2 is 2.04 bits per heavy atom. The summed E-state index contributed by atoms with van der Waals surface area (Å²) >= 11 is 0. The van der Waals surface area contributed by atoms with E-state index in [4.69, 9.17) is 13.6 Å². The number of carboxylic acid groups (broad SMARTS) is 1. The maximum atomic E-state index is 12.9. The van der Waals surface area contributed by atoms with Crippen molar-refractivity contribution in [2.24, 2.45) is 0 Å². The Hall–Kier alpha value is -3.02. The molecule has 0 spiro atoms. The summed E-state index contributed by atoms with van der Waals surface area (Å²) in [6.45, 7) is 4.97. The quantitative estimate of drug-likeness (QED) is 0.729. The van der Waals surface area contributed by atoms with Crippen molar-refractivity contribution >= 4 is 16.9 Å². The predicted octanol–water partition coefficient (Wildman–Crippen LogP) is 2.19. The molecule has 3 aromatic rings. The van der Waals surface area contributed by atoms with Crippen molar-refractivity contribution in [2.45, 2.75) is 26.9 Å². The number of carbonyl (C=O) groups is 1. The zero-order valence-corrected chi connectivity index (χ0v) is 13.4. The lowest BCUT2D eigenvalue weighted by atomic mass is 10.1. The molecule has 0 aliphatic rings. The third-order valence-corrected chi connectivity index (χ3v) is 3.65. The first-order valence-electron chi connectivity index (χ1n) is 7.38. The van der Waals surface area contributed by atoms with Crippen LogP contribution in [-0.2, 0) is 4.79 Å².